The van der Waals surface area contributed by atoms with Gasteiger partial charge in [0.15, 0.2) is 22.4 Å². The number of aliphatic hydroxyl groups excluding tert-OH is 1. The number of carbonyl (C=O) groups excluding carboxylic acids is 2. The molecule has 0 radical (unpaired) electrons. The van der Waals surface area contributed by atoms with Crippen LogP contribution >= 0.6 is 23.2 Å². The molecular weight excluding hydrogens is 745 g/mol. The maximum atomic E-state index is 14.4. The van der Waals surface area contributed by atoms with Crippen molar-refractivity contribution in [2.75, 3.05) is 0 Å². The standard InChI is InChI=1S/C41H37Cl2N5O7/c1-16(2)18(5)36(50)45-26-13-20-9-11-21(49)15-24(20)41-23-12-10-19(14-27(23)53-40(41)52)22-7-6-8-25-28(22)29(34(42)44-25)32-35(43)48-39(54-32)31-33(41)55-38(47-31)30(17(3)4)46-37(26)51/h6-12,14-18,26,30,40,44,49,52H,13H2,1-5H3,(H,45,50)(H,46,51)/t18?,26-,30-,40?,41-/m1/s1. The number of nitrogens with zero attached hydrogens (tertiary/aromatic N) is 2. The fraction of sp³-hybridized carbons (Fsp3) is 0.317. The molecule has 14 heteroatoms. The van der Waals surface area contributed by atoms with Gasteiger partial charge in [0.2, 0.25) is 24.0 Å². The van der Waals surface area contributed by atoms with Crippen molar-refractivity contribution in [3.63, 3.8) is 0 Å². The lowest BCUT2D eigenvalue weighted by molar-refractivity contribution is -0.132. The van der Waals surface area contributed by atoms with Gasteiger partial charge in [-0.2, -0.15) is 4.98 Å². The molecule has 3 aromatic carbocycles. The summed E-state index contributed by atoms with van der Waals surface area (Å²) in [6.07, 6.45) is -1.67. The monoisotopic (exact) mass is 781 g/mol. The van der Waals surface area contributed by atoms with Crippen molar-refractivity contribution in [3.05, 3.63) is 93.2 Å². The second-order valence-corrected chi connectivity index (χ2v) is 16.0. The Kier molecular flexibility index (Phi) is 8.12. The second-order valence-electron chi connectivity index (χ2n) is 15.3. The van der Waals surface area contributed by atoms with Crippen LogP contribution in [-0.2, 0) is 21.4 Å². The minimum atomic E-state index is -1.73. The fourth-order valence-electron chi connectivity index (χ4n) is 8.11. The van der Waals surface area contributed by atoms with Crippen LogP contribution < -0.4 is 15.4 Å². The number of ether oxygens (including phenoxy) is 1. The third kappa shape index (κ3) is 5.22. The Bertz CT molecular complexity index is 2570. The Balaban J connectivity index is 1.39. The summed E-state index contributed by atoms with van der Waals surface area (Å²) in [5, 5.41) is 30.8. The molecule has 282 valence electrons. The van der Waals surface area contributed by atoms with Gasteiger partial charge < -0.3 is 39.4 Å². The maximum Gasteiger partial charge on any atom is 0.250 e. The summed E-state index contributed by atoms with van der Waals surface area (Å²) < 4.78 is 19.8. The van der Waals surface area contributed by atoms with Crippen LogP contribution in [0.25, 0.3) is 44.9 Å². The highest BCUT2D eigenvalue weighted by Gasteiger charge is 2.58. The first-order chi connectivity index (χ1) is 26.3. The van der Waals surface area contributed by atoms with Gasteiger partial charge in [-0.1, -0.05) is 88.2 Å². The van der Waals surface area contributed by atoms with Crippen LogP contribution in [0.3, 0.4) is 0 Å². The van der Waals surface area contributed by atoms with Crippen molar-refractivity contribution in [1.29, 1.82) is 0 Å². The van der Waals surface area contributed by atoms with E-state index in [9.17, 15) is 19.8 Å². The quantitative estimate of drug-likeness (QED) is 0.120. The molecular formula is C41H37Cl2N5O7. The summed E-state index contributed by atoms with van der Waals surface area (Å²) in [4.78, 5) is 40.8. The Hall–Kier alpha value is -5.30. The normalized spacial score (nSPS) is 21.6. The second kappa shape index (κ2) is 12.6. The van der Waals surface area contributed by atoms with Crippen LogP contribution in [-0.4, -0.2) is 49.3 Å². The first kappa shape index (κ1) is 35.4. The number of aromatic amines is 1. The van der Waals surface area contributed by atoms with Gasteiger partial charge in [0.1, 0.15) is 34.2 Å². The lowest BCUT2D eigenvalue weighted by Gasteiger charge is -2.33. The molecule has 8 bridgehead atoms. The fourth-order valence-corrected chi connectivity index (χ4v) is 8.60. The van der Waals surface area contributed by atoms with Crippen molar-refractivity contribution in [3.8, 4) is 45.5 Å². The summed E-state index contributed by atoms with van der Waals surface area (Å²) in [7, 11) is 0. The first-order valence-electron chi connectivity index (χ1n) is 18.2. The van der Waals surface area contributed by atoms with Gasteiger partial charge in [0, 0.05) is 28.8 Å². The Morgan fingerprint density at radius 1 is 1.02 bits per heavy atom. The zero-order chi connectivity index (χ0) is 38.7. The van der Waals surface area contributed by atoms with Crippen molar-refractivity contribution in [1.82, 2.24) is 25.6 Å². The molecule has 0 fully saturated rings. The summed E-state index contributed by atoms with van der Waals surface area (Å²) >= 11 is 13.8. The molecule has 0 saturated carbocycles. The van der Waals surface area contributed by atoms with Crippen molar-refractivity contribution < 1.29 is 33.4 Å². The molecule has 0 saturated heterocycles. The van der Waals surface area contributed by atoms with Gasteiger partial charge in [-0.15, -0.1) is 0 Å². The number of phenolic OH excluding ortho intramolecular Hbond substituents is 1. The van der Waals surface area contributed by atoms with E-state index in [2.05, 4.69) is 20.6 Å². The van der Waals surface area contributed by atoms with E-state index < -0.39 is 29.7 Å². The topological polar surface area (TPSA) is 176 Å². The average Bonchev–Trinajstić information content (AvgIpc) is 3.90. The summed E-state index contributed by atoms with van der Waals surface area (Å²) in [6.45, 7) is 9.50. The third-order valence-electron chi connectivity index (χ3n) is 11.3. The van der Waals surface area contributed by atoms with E-state index in [1.54, 1.807) is 6.07 Å². The maximum absolute atomic E-state index is 14.4. The summed E-state index contributed by atoms with van der Waals surface area (Å²) in [5.74, 6) is -0.856. The number of phenols is 1. The third-order valence-corrected chi connectivity index (χ3v) is 11.9. The number of halogens is 2. The number of aliphatic hydroxyl groups is 1. The van der Waals surface area contributed by atoms with Crippen LogP contribution in [0, 0.1) is 17.8 Å². The minimum absolute atomic E-state index is 0.00843. The van der Waals surface area contributed by atoms with E-state index in [1.165, 1.54) is 12.1 Å². The van der Waals surface area contributed by atoms with Crippen LogP contribution in [0.1, 0.15) is 69.0 Å². The van der Waals surface area contributed by atoms with Crippen LogP contribution in [0.15, 0.2) is 63.4 Å². The predicted molar refractivity (Wildman–Crippen MR) is 205 cm³/mol. The number of amides is 2. The number of hydrogen-bond acceptors (Lipinski definition) is 9. The lowest BCUT2D eigenvalue weighted by Crippen LogP contribution is -2.51. The molecule has 4 aliphatic rings. The highest BCUT2D eigenvalue weighted by atomic mass is 35.5. The van der Waals surface area contributed by atoms with Gasteiger partial charge in [-0.05, 0) is 58.4 Å². The summed E-state index contributed by atoms with van der Waals surface area (Å²) in [5.41, 5.74) is 2.46. The van der Waals surface area contributed by atoms with E-state index >= 15 is 0 Å². The van der Waals surface area contributed by atoms with Crippen molar-refractivity contribution in [2.45, 2.75) is 64.8 Å². The van der Waals surface area contributed by atoms with Crippen LogP contribution in [0.2, 0.25) is 10.3 Å². The number of hydrogen-bond donors (Lipinski definition) is 5. The highest BCUT2D eigenvalue weighted by molar-refractivity contribution is 6.37. The molecule has 10 rings (SSSR count). The molecule has 1 spiro atoms. The first-order valence-corrected chi connectivity index (χ1v) is 18.9. The molecule has 3 aromatic heterocycles. The van der Waals surface area contributed by atoms with Gasteiger partial charge in [-0.3, -0.25) is 9.59 Å². The molecule has 0 aliphatic carbocycles. The van der Waals surface area contributed by atoms with Gasteiger partial charge in [0.05, 0.1) is 5.56 Å². The lowest BCUT2D eigenvalue weighted by atomic mass is 9.69. The molecule has 55 heavy (non-hydrogen) atoms. The molecule has 6 aromatic rings. The van der Waals surface area contributed by atoms with Gasteiger partial charge >= 0.3 is 0 Å². The largest absolute Gasteiger partial charge is 0.508 e. The molecule has 7 heterocycles. The smallest absolute Gasteiger partial charge is 0.250 e. The number of carbonyl (C=O) groups is 2. The number of H-pyrrole nitrogens is 1. The van der Waals surface area contributed by atoms with Crippen molar-refractivity contribution in [2.24, 2.45) is 17.8 Å². The zero-order valence-electron chi connectivity index (χ0n) is 30.5. The van der Waals surface area contributed by atoms with E-state index in [0.29, 0.717) is 28.0 Å². The Morgan fingerprint density at radius 3 is 2.58 bits per heavy atom. The van der Waals surface area contributed by atoms with Gasteiger partial charge in [0.25, 0.3) is 5.89 Å². The van der Waals surface area contributed by atoms with Crippen LogP contribution in [0.5, 0.6) is 11.5 Å². The predicted octanol–water partition coefficient (Wildman–Crippen LogP) is 7.66. The van der Waals surface area contributed by atoms with Crippen molar-refractivity contribution >= 4 is 45.9 Å². The van der Waals surface area contributed by atoms with Gasteiger partial charge in [-0.25, -0.2) is 4.98 Å². The van der Waals surface area contributed by atoms with E-state index in [4.69, 9.17) is 41.8 Å². The number of fused-ring (bicyclic) bond motifs is 3. The van der Waals surface area contributed by atoms with Crippen LogP contribution in [0.4, 0.5) is 0 Å². The van der Waals surface area contributed by atoms with E-state index in [1.807, 2.05) is 71.0 Å². The number of aromatic hydroxyl groups is 1. The number of oxazole rings is 2. The number of aromatic nitrogens is 3. The SMILES string of the molecule is CC(C)C(C)C(=O)N[C@@H]1Cc2ccc(O)cc2[C@@]23c4ccc(cc4OC2O)-c2cccc4[nH]c(Cl)c(c24)-c2oc(nc2Cl)-c2nc(oc23)[C@@H](C(C)C)NC1=O. The molecule has 4 aliphatic heterocycles. The Labute approximate surface area is 325 Å². The molecule has 2 amide bonds. The molecule has 12 nitrogen and oxygen atoms in total. The summed E-state index contributed by atoms with van der Waals surface area (Å²) in [6, 6.07) is 14.1. The number of rotatable bonds is 4. The van der Waals surface area contributed by atoms with E-state index in [-0.39, 0.29) is 75.1 Å². The highest BCUT2D eigenvalue weighted by Crippen LogP contribution is 2.57. The zero-order valence-corrected chi connectivity index (χ0v) is 32.0. The average molecular weight is 783 g/mol. The number of benzene rings is 3. The van der Waals surface area contributed by atoms with E-state index in [0.717, 1.165) is 22.0 Å². The molecule has 5 atom stereocenters. The minimum Gasteiger partial charge on any atom is -0.508 e. The molecule has 5 N–H and O–H groups in total. The Morgan fingerprint density at radius 2 is 1.82 bits per heavy atom. The number of nitrogens with one attached hydrogen (secondary N) is 3. The molecule has 2 unspecified atom stereocenters.